The fourth-order valence-electron chi connectivity index (χ4n) is 2.02. The van der Waals surface area contributed by atoms with E-state index in [2.05, 4.69) is 127 Å². The van der Waals surface area contributed by atoms with Crippen molar-refractivity contribution in [3.8, 4) is 0 Å². The van der Waals surface area contributed by atoms with Gasteiger partial charge in [0.05, 0.1) is 0 Å². The summed E-state index contributed by atoms with van der Waals surface area (Å²) >= 11 is 23.2. The van der Waals surface area contributed by atoms with Gasteiger partial charge in [-0.1, -0.05) is 13.8 Å². The molecule has 0 saturated carbocycles. The predicted molar refractivity (Wildman–Crippen MR) is 110 cm³/mol. The maximum Gasteiger partial charge on any atom is 0.0326 e. The minimum absolute atomic E-state index is 0.154. The second-order valence-electron chi connectivity index (χ2n) is 5.20. The summed E-state index contributed by atoms with van der Waals surface area (Å²) in [6.07, 6.45) is 0. The van der Waals surface area contributed by atoms with Crippen molar-refractivity contribution in [2.24, 2.45) is 0 Å². The summed E-state index contributed by atoms with van der Waals surface area (Å²) in [4.78, 5) is 1.81. The van der Waals surface area contributed by atoms with Gasteiger partial charge in [0.15, 0.2) is 0 Å². The molecule has 6 heteroatoms. The maximum atomic E-state index is 4.47. The molecule has 2 aromatic rings. The molecule has 2 aromatic carbocycles. The van der Waals surface area contributed by atoms with Gasteiger partial charge in [-0.3, -0.25) is 0 Å². The van der Waals surface area contributed by atoms with Crippen molar-refractivity contribution in [3.05, 3.63) is 53.3 Å². The molecule has 0 aliphatic heterocycles. The second kappa shape index (κ2) is 6.89. The molecule has 0 fully saturated rings. The van der Waals surface area contributed by atoms with E-state index in [1.54, 1.807) is 0 Å². The van der Waals surface area contributed by atoms with E-state index in [0.29, 0.717) is 0 Å². The first kappa shape index (κ1) is 18.4. The van der Waals surface area contributed by atoms with Crippen LogP contribution in [-0.4, -0.2) is 0 Å². The van der Waals surface area contributed by atoms with E-state index in [1.165, 1.54) is 11.1 Å². The van der Waals surface area contributed by atoms with E-state index in [4.69, 9.17) is 0 Å². The molecule has 112 valence electrons. The highest BCUT2D eigenvalue weighted by molar-refractivity contribution is 9.11. The molecule has 0 nitrogen and oxygen atoms in total. The van der Waals surface area contributed by atoms with E-state index < -0.39 is 0 Å². The third kappa shape index (κ3) is 3.77. The third-order valence-corrected chi connectivity index (χ3v) is 8.17. The Bertz CT molecular complexity index is 605. The predicted octanol–water partition coefficient (Wildman–Crippen LogP) is 7.64. The Labute approximate surface area is 169 Å². The Morgan fingerprint density at radius 2 is 0.905 bits per heavy atom. The van der Waals surface area contributed by atoms with Crippen molar-refractivity contribution in [3.63, 3.8) is 0 Å². The number of benzene rings is 2. The molecule has 0 radical (unpaired) electrons. The van der Waals surface area contributed by atoms with E-state index in [-0.39, 0.29) is 5.41 Å². The Balaban J connectivity index is 2.61. The van der Waals surface area contributed by atoms with Gasteiger partial charge in [-0.15, -0.1) is 25.3 Å². The fourth-order valence-corrected chi connectivity index (χ4v) is 4.65. The summed E-state index contributed by atoms with van der Waals surface area (Å²) in [6.45, 7) is 4.40. The molecule has 0 saturated heterocycles. The zero-order chi connectivity index (χ0) is 15.9. The quantitative estimate of drug-likeness (QED) is 0.338. The van der Waals surface area contributed by atoms with Gasteiger partial charge in [-0.25, -0.2) is 0 Å². The van der Waals surface area contributed by atoms with Crippen LogP contribution in [0.1, 0.15) is 25.0 Å². The zero-order valence-corrected chi connectivity index (χ0v) is 19.3. The van der Waals surface area contributed by atoms with Crippen LogP contribution in [0.2, 0.25) is 0 Å². The van der Waals surface area contributed by atoms with Crippen molar-refractivity contribution in [2.75, 3.05) is 0 Å². The largest absolute Gasteiger partial charge is 0.141 e. The van der Waals surface area contributed by atoms with E-state index in [9.17, 15) is 0 Å². The summed E-state index contributed by atoms with van der Waals surface area (Å²) in [5.41, 5.74) is 2.24. The van der Waals surface area contributed by atoms with Crippen molar-refractivity contribution >= 4 is 89.0 Å². The number of hydrogen-bond acceptors (Lipinski definition) is 2. The van der Waals surface area contributed by atoms with Crippen LogP contribution in [0.4, 0.5) is 0 Å². The molecule has 0 aromatic heterocycles. The molecule has 2 rings (SSSR count). The number of halogens is 4. The van der Waals surface area contributed by atoms with E-state index in [1.807, 2.05) is 0 Å². The summed E-state index contributed by atoms with van der Waals surface area (Å²) in [5.74, 6) is 0. The monoisotopic (exact) mass is 572 g/mol. The van der Waals surface area contributed by atoms with Crippen LogP contribution in [-0.2, 0) is 5.41 Å². The van der Waals surface area contributed by atoms with Crippen LogP contribution in [0.15, 0.2) is 51.9 Å². The Hall–Kier alpha value is 1.06. The summed E-state index contributed by atoms with van der Waals surface area (Å²) in [5, 5.41) is 0. The van der Waals surface area contributed by atoms with Gasteiger partial charge >= 0.3 is 0 Å². The van der Waals surface area contributed by atoms with Crippen LogP contribution in [0.5, 0.6) is 0 Å². The first-order chi connectivity index (χ1) is 9.64. The third-order valence-electron chi connectivity index (χ3n) is 3.48. The van der Waals surface area contributed by atoms with E-state index >= 15 is 0 Å². The lowest BCUT2D eigenvalue weighted by Gasteiger charge is -2.28. The van der Waals surface area contributed by atoms with Crippen LogP contribution < -0.4 is 0 Å². The van der Waals surface area contributed by atoms with Crippen LogP contribution in [0, 0.1) is 0 Å². The first-order valence-corrected chi connectivity index (χ1v) is 10.1. The Morgan fingerprint density at radius 3 is 1.14 bits per heavy atom. The molecule has 0 aliphatic carbocycles. The van der Waals surface area contributed by atoms with Gasteiger partial charge in [-0.2, -0.15) is 0 Å². The van der Waals surface area contributed by atoms with Gasteiger partial charge in [0.1, 0.15) is 0 Å². The smallest absolute Gasteiger partial charge is 0.0326 e. The molecule has 0 N–H and O–H groups in total. The van der Waals surface area contributed by atoms with Crippen LogP contribution in [0.25, 0.3) is 0 Å². The van der Waals surface area contributed by atoms with Crippen molar-refractivity contribution in [1.29, 1.82) is 0 Å². The SMILES string of the molecule is CC(C)(c1cc(Br)c(S)c(Br)c1)c1cc(Br)c(S)c(Br)c1. The Morgan fingerprint density at radius 1 is 0.667 bits per heavy atom. The lowest BCUT2D eigenvalue weighted by Crippen LogP contribution is -2.19. The molecule has 0 atom stereocenters. The average Bonchev–Trinajstić information content (AvgIpc) is 2.40. The highest BCUT2D eigenvalue weighted by atomic mass is 79.9. The topological polar surface area (TPSA) is 0 Å². The normalized spacial score (nSPS) is 11.8. The molecule has 0 spiro atoms. The average molecular weight is 576 g/mol. The summed E-state index contributed by atoms with van der Waals surface area (Å²) < 4.78 is 3.92. The van der Waals surface area contributed by atoms with Crippen LogP contribution in [0.3, 0.4) is 0 Å². The van der Waals surface area contributed by atoms with E-state index in [0.717, 1.165) is 27.7 Å². The highest BCUT2D eigenvalue weighted by Crippen LogP contribution is 2.41. The van der Waals surface area contributed by atoms with Crippen molar-refractivity contribution in [1.82, 2.24) is 0 Å². The van der Waals surface area contributed by atoms with Gasteiger partial charge in [0.2, 0.25) is 0 Å². The number of thiol groups is 2. The lowest BCUT2D eigenvalue weighted by atomic mass is 9.78. The first-order valence-electron chi connectivity index (χ1n) is 6.01. The molecular weight excluding hydrogens is 564 g/mol. The summed E-state index contributed by atoms with van der Waals surface area (Å²) in [7, 11) is 0. The highest BCUT2D eigenvalue weighted by Gasteiger charge is 2.26. The van der Waals surface area contributed by atoms with Gasteiger partial charge in [-0.05, 0) is 99.1 Å². The van der Waals surface area contributed by atoms with Crippen molar-refractivity contribution in [2.45, 2.75) is 29.1 Å². The Kier molecular flexibility index (Phi) is 6.04. The van der Waals surface area contributed by atoms with Gasteiger partial charge in [0, 0.05) is 33.1 Å². The molecule has 21 heavy (non-hydrogen) atoms. The number of rotatable bonds is 2. The molecule has 0 aliphatic rings. The van der Waals surface area contributed by atoms with Crippen LogP contribution >= 0.6 is 89.0 Å². The molecule has 0 amide bonds. The molecule has 0 unspecified atom stereocenters. The molecular formula is C15H12Br4S2. The van der Waals surface area contributed by atoms with Gasteiger partial charge in [0.25, 0.3) is 0 Å². The summed E-state index contributed by atoms with van der Waals surface area (Å²) in [6, 6.07) is 8.46. The number of hydrogen-bond donors (Lipinski definition) is 2. The molecule has 0 bridgehead atoms. The fraction of sp³-hybridized carbons (Fsp3) is 0.200. The zero-order valence-electron chi connectivity index (χ0n) is 11.2. The molecule has 0 heterocycles. The standard InChI is InChI=1S/C15H12Br4S2/c1-15(2,7-3-9(16)13(20)10(17)4-7)8-5-11(18)14(21)12(19)6-8/h3-6,20-21H,1-2H3. The minimum atomic E-state index is -0.154. The second-order valence-corrected chi connectivity index (χ2v) is 9.51. The minimum Gasteiger partial charge on any atom is -0.141 e. The van der Waals surface area contributed by atoms with Gasteiger partial charge < -0.3 is 0 Å². The van der Waals surface area contributed by atoms with Crippen molar-refractivity contribution < 1.29 is 0 Å². The lowest BCUT2D eigenvalue weighted by molar-refractivity contribution is 0.637. The maximum absolute atomic E-state index is 4.47.